The number of fused-ring (bicyclic) bond motifs is 1. The first-order valence-corrected chi connectivity index (χ1v) is 10.3. The molecule has 0 bridgehead atoms. The van der Waals surface area contributed by atoms with Gasteiger partial charge in [0.05, 0.1) is 21.7 Å². The van der Waals surface area contributed by atoms with Crippen molar-refractivity contribution < 1.29 is 22.7 Å². The maximum absolute atomic E-state index is 12.2. The van der Waals surface area contributed by atoms with Crippen LogP contribution >= 0.6 is 0 Å². The summed E-state index contributed by atoms with van der Waals surface area (Å²) in [7, 11) is -3.51. The highest BCUT2D eigenvalue weighted by molar-refractivity contribution is 7.90. The van der Waals surface area contributed by atoms with Crippen molar-refractivity contribution in [2.45, 2.75) is 18.4 Å². The monoisotopic (exact) mass is 402 g/mol. The van der Waals surface area contributed by atoms with E-state index < -0.39 is 28.3 Å². The van der Waals surface area contributed by atoms with E-state index in [9.17, 15) is 18.0 Å². The number of amides is 1. The fourth-order valence-corrected chi connectivity index (χ4v) is 3.47. The molecule has 1 aromatic heterocycles. The largest absolute Gasteiger partial charge is 0.452 e. The number of para-hydroxylation sites is 1. The maximum atomic E-state index is 12.2. The van der Waals surface area contributed by atoms with Crippen molar-refractivity contribution in [1.82, 2.24) is 15.0 Å². The molecule has 0 saturated carbocycles. The molecule has 0 aliphatic carbocycles. The standard InChI is InChI=1S/C18H18N4O5S/c1-3-22-15-9-8-12(10-14(15)20-21-22)18(24)27-11-17(23)19-13-6-4-5-7-16(13)28(2,25)26/h4-10H,3,11H2,1-2H3,(H,19,23). The van der Waals surface area contributed by atoms with Crippen molar-refractivity contribution in [2.75, 3.05) is 18.2 Å². The quantitative estimate of drug-likeness (QED) is 0.622. The van der Waals surface area contributed by atoms with E-state index in [1.54, 1.807) is 28.9 Å². The predicted molar refractivity (Wildman–Crippen MR) is 102 cm³/mol. The molecular weight excluding hydrogens is 384 g/mol. The number of nitrogens with one attached hydrogen (secondary N) is 1. The van der Waals surface area contributed by atoms with E-state index in [4.69, 9.17) is 4.74 Å². The van der Waals surface area contributed by atoms with Gasteiger partial charge in [-0.2, -0.15) is 0 Å². The molecule has 1 amide bonds. The number of esters is 1. The first-order valence-electron chi connectivity index (χ1n) is 8.39. The molecule has 0 unspecified atom stereocenters. The lowest BCUT2D eigenvalue weighted by Gasteiger charge is -2.10. The van der Waals surface area contributed by atoms with Crippen molar-refractivity contribution in [1.29, 1.82) is 0 Å². The number of sulfone groups is 1. The normalized spacial score (nSPS) is 11.4. The average molecular weight is 402 g/mol. The van der Waals surface area contributed by atoms with Gasteiger partial charge in [0.25, 0.3) is 5.91 Å². The Morgan fingerprint density at radius 1 is 1.18 bits per heavy atom. The second-order valence-corrected chi connectivity index (χ2v) is 7.99. The Balaban J connectivity index is 1.66. The van der Waals surface area contributed by atoms with Crippen molar-refractivity contribution >= 4 is 38.4 Å². The van der Waals surface area contributed by atoms with Gasteiger partial charge in [0.2, 0.25) is 0 Å². The molecule has 3 rings (SSSR count). The molecule has 0 fully saturated rings. The zero-order chi connectivity index (χ0) is 20.3. The minimum atomic E-state index is -3.51. The number of carbonyl (C=O) groups excluding carboxylic acids is 2. The molecule has 10 heteroatoms. The highest BCUT2D eigenvalue weighted by atomic mass is 32.2. The van der Waals surface area contributed by atoms with Crippen LogP contribution < -0.4 is 5.32 Å². The lowest BCUT2D eigenvalue weighted by Crippen LogP contribution is -2.22. The average Bonchev–Trinajstić information content (AvgIpc) is 3.08. The van der Waals surface area contributed by atoms with Gasteiger partial charge >= 0.3 is 5.97 Å². The van der Waals surface area contributed by atoms with Crippen molar-refractivity contribution in [2.24, 2.45) is 0 Å². The van der Waals surface area contributed by atoms with Crippen LogP contribution in [0.3, 0.4) is 0 Å². The lowest BCUT2D eigenvalue weighted by atomic mass is 10.2. The summed E-state index contributed by atoms with van der Waals surface area (Å²) in [4.78, 5) is 24.3. The van der Waals surface area contributed by atoms with Gasteiger partial charge < -0.3 is 10.1 Å². The molecule has 0 atom stereocenters. The molecule has 146 valence electrons. The molecule has 9 nitrogen and oxygen atoms in total. The molecule has 1 N–H and O–H groups in total. The Kier molecular flexibility index (Phi) is 5.41. The third kappa shape index (κ3) is 4.17. The summed E-state index contributed by atoms with van der Waals surface area (Å²) < 4.78 is 30.2. The van der Waals surface area contributed by atoms with Crippen LogP contribution in [-0.2, 0) is 25.9 Å². The number of benzene rings is 2. The summed E-state index contributed by atoms with van der Waals surface area (Å²) >= 11 is 0. The Labute approximate surface area is 161 Å². The lowest BCUT2D eigenvalue weighted by molar-refractivity contribution is -0.119. The minimum absolute atomic E-state index is 0.0147. The molecule has 3 aromatic rings. The SMILES string of the molecule is CCn1nnc2cc(C(=O)OCC(=O)Nc3ccccc3S(C)(=O)=O)ccc21. The van der Waals surface area contributed by atoms with Crippen molar-refractivity contribution in [3.05, 3.63) is 48.0 Å². The maximum Gasteiger partial charge on any atom is 0.338 e. The molecule has 2 aromatic carbocycles. The fraction of sp³-hybridized carbons (Fsp3) is 0.222. The zero-order valence-corrected chi connectivity index (χ0v) is 16.1. The van der Waals surface area contributed by atoms with Crippen LogP contribution in [0.1, 0.15) is 17.3 Å². The second kappa shape index (κ2) is 7.77. The number of ether oxygens (including phenoxy) is 1. The van der Waals surface area contributed by atoms with Crippen LogP contribution in [0.15, 0.2) is 47.4 Å². The van der Waals surface area contributed by atoms with Crippen molar-refractivity contribution in [3.8, 4) is 0 Å². The Hall–Kier alpha value is -3.27. The summed E-state index contributed by atoms with van der Waals surface area (Å²) in [6, 6.07) is 10.8. The van der Waals surface area contributed by atoms with E-state index >= 15 is 0 Å². The molecule has 0 aliphatic heterocycles. The highest BCUT2D eigenvalue weighted by Crippen LogP contribution is 2.20. The third-order valence-corrected chi connectivity index (χ3v) is 5.10. The van der Waals surface area contributed by atoms with Gasteiger partial charge in [0.1, 0.15) is 5.52 Å². The third-order valence-electron chi connectivity index (χ3n) is 3.94. The van der Waals surface area contributed by atoms with Crippen LogP contribution in [0.5, 0.6) is 0 Å². The smallest absolute Gasteiger partial charge is 0.338 e. The van der Waals surface area contributed by atoms with E-state index in [0.29, 0.717) is 12.1 Å². The van der Waals surface area contributed by atoms with Crippen LogP contribution in [0.25, 0.3) is 11.0 Å². The molecule has 0 radical (unpaired) electrons. The van der Waals surface area contributed by atoms with Gasteiger partial charge in [-0.1, -0.05) is 17.3 Å². The van der Waals surface area contributed by atoms with E-state index in [0.717, 1.165) is 11.8 Å². The summed E-state index contributed by atoms with van der Waals surface area (Å²) in [5, 5.41) is 10.4. The molecule has 0 spiro atoms. The van der Waals surface area contributed by atoms with Crippen molar-refractivity contribution in [3.63, 3.8) is 0 Å². The van der Waals surface area contributed by atoms with Gasteiger partial charge in [-0.25, -0.2) is 17.9 Å². The number of carbonyl (C=O) groups is 2. The van der Waals surface area contributed by atoms with Gasteiger partial charge in [0, 0.05) is 12.8 Å². The van der Waals surface area contributed by atoms with E-state index in [2.05, 4.69) is 15.6 Å². The minimum Gasteiger partial charge on any atom is -0.452 e. The molecule has 1 heterocycles. The Bertz CT molecular complexity index is 1150. The molecule has 28 heavy (non-hydrogen) atoms. The van der Waals surface area contributed by atoms with E-state index in [1.165, 1.54) is 18.2 Å². The number of aryl methyl sites for hydroxylation is 1. The van der Waals surface area contributed by atoms with Gasteiger partial charge in [0.15, 0.2) is 16.4 Å². The van der Waals surface area contributed by atoms with Crippen LogP contribution in [0.2, 0.25) is 0 Å². The highest BCUT2D eigenvalue weighted by Gasteiger charge is 2.16. The topological polar surface area (TPSA) is 120 Å². The second-order valence-electron chi connectivity index (χ2n) is 6.00. The molecule has 0 aliphatic rings. The molecular formula is C18H18N4O5S. The zero-order valence-electron chi connectivity index (χ0n) is 15.2. The van der Waals surface area contributed by atoms with E-state index in [-0.39, 0.29) is 16.1 Å². The van der Waals surface area contributed by atoms with Gasteiger partial charge in [-0.15, -0.1) is 5.10 Å². The number of nitrogens with zero attached hydrogens (tertiary/aromatic N) is 3. The number of aromatic nitrogens is 3. The van der Waals surface area contributed by atoms with Crippen LogP contribution in [-0.4, -0.2) is 48.2 Å². The first-order chi connectivity index (χ1) is 13.3. The molecule has 0 saturated heterocycles. The number of hydrogen-bond donors (Lipinski definition) is 1. The van der Waals surface area contributed by atoms with Gasteiger partial charge in [-0.05, 0) is 37.3 Å². The van der Waals surface area contributed by atoms with Gasteiger partial charge in [-0.3, -0.25) is 4.79 Å². The number of anilines is 1. The summed E-state index contributed by atoms with van der Waals surface area (Å²) in [5.41, 5.74) is 1.70. The predicted octanol–water partition coefficient (Wildman–Crippen LogP) is 1.65. The summed E-state index contributed by atoms with van der Waals surface area (Å²) in [6.07, 6.45) is 1.04. The number of rotatable bonds is 6. The Morgan fingerprint density at radius 3 is 2.64 bits per heavy atom. The first kappa shape index (κ1) is 19.5. The number of hydrogen-bond acceptors (Lipinski definition) is 7. The summed E-state index contributed by atoms with van der Waals surface area (Å²) in [5.74, 6) is -1.35. The fourth-order valence-electron chi connectivity index (χ4n) is 2.63. The van der Waals surface area contributed by atoms with Crippen LogP contribution in [0.4, 0.5) is 5.69 Å². The van der Waals surface area contributed by atoms with Crippen LogP contribution in [0, 0.1) is 0 Å². The Morgan fingerprint density at radius 2 is 1.93 bits per heavy atom. The summed E-state index contributed by atoms with van der Waals surface area (Å²) in [6.45, 7) is 2.02. The van der Waals surface area contributed by atoms with E-state index in [1.807, 2.05) is 6.92 Å².